The normalized spacial score (nSPS) is 22.7. The number of fused-ring (bicyclic) bond motifs is 1. The van der Waals surface area contributed by atoms with Crippen LogP contribution in [0.4, 0.5) is 11.4 Å². The molecule has 3 aliphatic rings. The maximum atomic E-state index is 13.9. The van der Waals surface area contributed by atoms with Crippen molar-refractivity contribution in [2.45, 2.75) is 147 Å². The van der Waals surface area contributed by atoms with Gasteiger partial charge in [0.25, 0.3) is 0 Å². The van der Waals surface area contributed by atoms with E-state index < -0.39 is 6.29 Å². The van der Waals surface area contributed by atoms with Crippen LogP contribution < -0.4 is 21.7 Å². The molecule has 1 aliphatic carbocycles. The zero-order chi connectivity index (χ0) is 44.3. The van der Waals surface area contributed by atoms with E-state index in [0.717, 1.165) is 59.1 Å². The average molecular weight is 858 g/mol. The smallest absolute Gasteiger partial charge is 0.237 e. The summed E-state index contributed by atoms with van der Waals surface area (Å²) < 4.78 is 13.8. The minimum absolute atomic E-state index is 0.0182. The van der Waals surface area contributed by atoms with Crippen molar-refractivity contribution >= 4 is 29.1 Å². The molecule has 4 aromatic carbocycles. The standard InChI is InChI=1S/C52H67N5O6/c1-52(2,3)56-50(61)46-28-27-37-14-7-10-20-45(37)57(46)33-42-31-47(38-25-23-35(34-58)24-26-38)63-51(62-42)41-17-12-16-40(30-41)39-15-11-13-36(29-39)32-54-48(59)21-5-4-6-22-49(60)55-44-19-9-8-18-43(44)53/h8-9,11-13,15-19,23-26,29-30,37,42,45-47,51,58H,4-7,10,14,20-22,27-28,31-34,53H2,1-3H3,(H,54,59)(H,55,60)(H,56,61). The highest BCUT2D eigenvalue weighted by Crippen LogP contribution is 2.42. The van der Waals surface area contributed by atoms with Crippen LogP contribution in [-0.2, 0) is 37.0 Å². The van der Waals surface area contributed by atoms with Gasteiger partial charge in [0, 0.05) is 49.5 Å². The number of ether oxygens (including phenoxy) is 2. The van der Waals surface area contributed by atoms with Gasteiger partial charge in [-0.05, 0) is 117 Å². The summed E-state index contributed by atoms with van der Waals surface area (Å²) in [6, 6.07) is 31.8. The predicted molar refractivity (Wildman–Crippen MR) is 248 cm³/mol. The first-order chi connectivity index (χ1) is 30.4. The van der Waals surface area contributed by atoms with Gasteiger partial charge in [-0.2, -0.15) is 0 Å². The van der Waals surface area contributed by atoms with Crippen molar-refractivity contribution in [1.82, 2.24) is 15.5 Å². The van der Waals surface area contributed by atoms with E-state index in [2.05, 4.69) is 51.2 Å². The van der Waals surface area contributed by atoms with Crippen LogP contribution in [0.5, 0.6) is 0 Å². The number of carbonyl (C=O) groups excluding carboxylic acids is 3. The lowest BCUT2D eigenvalue weighted by atomic mass is 9.75. The molecule has 2 heterocycles. The number of unbranched alkanes of at least 4 members (excludes halogenated alkanes) is 2. The van der Waals surface area contributed by atoms with Gasteiger partial charge in [0.1, 0.15) is 0 Å². The van der Waals surface area contributed by atoms with Crippen molar-refractivity contribution in [3.05, 3.63) is 119 Å². The van der Waals surface area contributed by atoms with E-state index >= 15 is 0 Å². The van der Waals surface area contributed by atoms with E-state index in [1.807, 2.05) is 75.4 Å². The third-order valence-corrected chi connectivity index (χ3v) is 12.8. The molecule has 6 N–H and O–H groups in total. The topological polar surface area (TPSA) is 155 Å². The van der Waals surface area contributed by atoms with Crippen LogP contribution in [0.1, 0.15) is 132 Å². The van der Waals surface area contributed by atoms with Gasteiger partial charge in [-0.1, -0.05) is 92.1 Å². The Bertz CT molecular complexity index is 2150. The van der Waals surface area contributed by atoms with E-state index in [-0.39, 0.29) is 48.1 Å². The molecule has 11 heteroatoms. The highest BCUT2D eigenvalue weighted by Gasteiger charge is 2.44. The summed E-state index contributed by atoms with van der Waals surface area (Å²) in [6.45, 7) is 7.17. The Kier molecular flexibility index (Phi) is 15.7. The van der Waals surface area contributed by atoms with Crippen molar-refractivity contribution in [2.75, 3.05) is 17.6 Å². The molecule has 11 nitrogen and oxygen atoms in total. The Labute approximate surface area is 373 Å². The first kappa shape index (κ1) is 45.9. The van der Waals surface area contributed by atoms with Crippen LogP contribution >= 0.6 is 0 Å². The highest BCUT2D eigenvalue weighted by molar-refractivity contribution is 5.93. The van der Waals surface area contributed by atoms with E-state index in [9.17, 15) is 19.5 Å². The number of aliphatic hydroxyl groups is 1. The maximum Gasteiger partial charge on any atom is 0.237 e. The van der Waals surface area contributed by atoms with Crippen molar-refractivity contribution in [3.8, 4) is 11.1 Å². The van der Waals surface area contributed by atoms with Crippen molar-refractivity contribution in [3.63, 3.8) is 0 Å². The number of amides is 3. The summed E-state index contributed by atoms with van der Waals surface area (Å²) in [4.78, 5) is 41.5. The third-order valence-electron chi connectivity index (χ3n) is 12.8. The minimum Gasteiger partial charge on any atom is -0.397 e. The molecule has 3 amide bonds. The Morgan fingerprint density at radius 1 is 0.762 bits per heavy atom. The summed E-state index contributed by atoms with van der Waals surface area (Å²) in [5.41, 5.74) is 12.6. The summed E-state index contributed by atoms with van der Waals surface area (Å²) in [5.74, 6) is 0.593. The monoisotopic (exact) mass is 858 g/mol. The van der Waals surface area contributed by atoms with Crippen molar-refractivity contribution < 1.29 is 29.0 Å². The Morgan fingerprint density at radius 2 is 1.49 bits per heavy atom. The summed E-state index contributed by atoms with van der Waals surface area (Å²) in [7, 11) is 0. The number of benzene rings is 4. The molecule has 2 aliphatic heterocycles. The molecule has 0 spiro atoms. The molecule has 0 radical (unpaired) electrons. The van der Waals surface area contributed by atoms with Gasteiger partial charge < -0.3 is 36.3 Å². The van der Waals surface area contributed by atoms with Crippen molar-refractivity contribution in [1.29, 1.82) is 0 Å². The molecule has 63 heavy (non-hydrogen) atoms. The SMILES string of the molecule is CC(C)(C)NC(=O)C1CCC2CCCCC2N1CC1CC(c2ccc(CO)cc2)OC(c2cccc(-c3cccc(CNC(=O)CCCCCC(=O)Nc4ccccc4N)c3)c2)O1. The lowest BCUT2D eigenvalue weighted by Crippen LogP contribution is -2.61. The number of nitrogens with one attached hydrogen (secondary N) is 3. The number of likely N-dealkylation sites (tertiary alicyclic amines) is 1. The number of aliphatic hydroxyl groups excluding tert-OH is 1. The van der Waals surface area contributed by atoms with E-state index in [4.69, 9.17) is 15.2 Å². The second kappa shape index (κ2) is 21.5. The highest BCUT2D eigenvalue weighted by atomic mass is 16.7. The molecule has 0 bridgehead atoms. The maximum absolute atomic E-state index is 13.9. The molecule has 3 fully saturated rings. The molecular weight excluding hydrogens is 791 g/mol. The number of nitrogens with zero attached hydrogens (tertiary/aromatic N) is 1. The van der Waals surface area contributed by atoms with Crippen LogP contribution in [0, 0.1) is 5.92 Å². The fourth-order valence-electron chi connectivity index (χ4n) is 9.58. The van der Waals surface area contributed by atoms with Gasteiger partial charge in [0.05, 0.1) is 36.2 Å². The summed E-state index contributed by atoms with van der Waals surface area (Å²) >= 11 is 0. The molecule has 336 valence electrons. The number of carbonyl (C=O) groups is 3. The zero-order valence-electron chi connectivity index (χ0n) is 37.3. The van der Waals surface area contributed by atoms with Gasteiger partial charge in [-0.15, -0.1) is 0 Å². The van der Waals surface area contributed by atoms with Gasteiger partial charge in [-0.3, -0.25) is 19.3 Å². The second-order valence-corrected chi connectivity index (χ2v) is 18.8. The van der Waals surface area contributed by atoms with Crippen LogP contribution in [-0.4, -0.2) is 58.0 Å². The molecular formula is C52H67N5O6. The fraction of sp³-hybridized carbons (Fsp3) is 0.481. The van der Waals surface area contributed by atoms with Crippen LogP contribution in [0.25, 0.3) is 11.1 Å². The number of hydrogen-bond acceptors (Lipinski definition) is 8. The van der Waals surface area contributed by atoms with Crippen LogP contribution in [0.2, 0.25) is 0 Å². The number of nitrogen functional groups attached to an aromatic ring is 1. The first-order valence-corrected chi connectivity index (χ1v) is 23.1. The minimum atomic E-state index is -0.639. The van der Waals surface area contributed by atoms with Crippen LogP contribution in [0.15, 0.2) is 97.1 Å². The van der Waals surface area contributed by atoms with Gasteiger partial charge in [0.15, 0.2) is 6.29 Å². The predicted octanol–water partition coefficient (Wildman–Crippen LogP) is 9.12. The molecule has 4 aromatic rings. The molecule has 6 unspecified atom stereocenters. The Morgan fingerprint density at radius 3 is 2.25 bits per heavy atom. The molecule has 0 aromatic heterocycles. The largest absolute Gasteiger partial charge is 0.397 e. The average Bonchev–Trinajstić information content (AvgIpc) is 3.28. The quantitative estimate of drug-likeness (QED) is 0.0552. The summed E-state index contributed by atoms with van der Waals surface area (Å²) in [6.07, 6.45) is 9.18. The third kappa shape index (κ3) is 12.8. The lowest BCUT2D eigenvalue weighted by molar-refractivity contribution is -0.255. The number of nitrogens with two attached hydrogens (primary N) is 1. The molecule has 6 atom stereocenters. The van der Waals surface area contributed by atoms with Gasteiger partial charge >= 0.3 is 0 Å². The Balaban J connectivity index is 0.999. The van der Waals surface area contributed by atoms with E-state index in [0.29, 0.717) is 68.5 Å². The zero-order valence-corrected chi connectivity index (χ0v) is 37.3. The number of piperidine rings is 1. The van der Waals surface area contributed by atoms with Gasteiger partial charge in [0.2, 0.25) is 17.7 Å². The van der Waals surface area contributed by atoms with E-state index in [1.165, 1.54) is 19.3 Å². The number of rotatable bonds is 16. The number of para-hydroxylation sites is 2. The molecule has 1 saturated carbocycles. The Hall–Kier alpha value is -5.07. The molecule has 7 rings (SSSR count). The summed E-state index contributed by atoms with van der Waals surface area (Å²) in [5, 5.41) is 19.0. The fourth-order valence-corrected chi connectivity index (χ4v) is 9.58. The molecule has 2 saturated heterocycles. The number of hydrogen-bond donors (Lipinski definition) is 5. The van der Waals surface area contributed by atoms with Gasteiger partial charge in [-0.25, -0.2) is 0 Å². The first-order valence-electron chi connectivity index (χ1n) is 23.1. The van der Waals surface area contributed by atoms with Crippen LogP contribution in [0.3, 0.4) is 0 Å². The number of anilines is 2. The van der Waals surface area contributed by atoms with E-state index in [1.54, 1.807) is 12.1 Å². The van der Waals surface area contributed by atoms with Crippen molar-refractivity contribution in [2.24, 2.45) is 5.92 Å². The second-order valence-electron chi connectivity index (χ2n) is 18.8. The lowest BCUT2D eigenvalue weighted by Gasteiger charge is -2.50.